The minimum absolute atomic E-state index is 0.183. The second-order valence-electron chi connectivity index (χ2n) is 21.4. The van der Waals surface area contributed by atoms with Crippen molar-refractivity contribution >= 4 is 0 Å². The predicted octanol–water partition coefficient (Wildman–Crippen LogP) is 15.2. The number of pyridine rings is 4. The van der Waals surface area contributed by atoms with E-state index in [1.165, 1.54) is 102 Å². The maximum Gasteiger partial charge on any atom is 0.213 e. The van der Waals surface area contributed by atoms with E-state index >= 15 is 0 Å². The predicted molar refractivity (Wildman–Crippen MR) is 311 cm³/mol. The molecule has 0 saturated heterocycles. The van der Waals surface area contributed by atoms with Crippen LogP contribution < -0.4 is 18.3 Å². The van der Waals surface area contributed by atoms with Gasteiger partial charge in [0.05, 0.1) is 5.56 Å². The fourth-order valence-electron chi connectivity index (χ4n) is 9.36. The zero-order chi connectivity index (χ0) is 63.7. The van der Waals surface area contributed by atoms with Crippen LogP contribution in [0.1, 0.15) is 130 Å². The number of rotatable bonds is 5. The SMILES string of the molecule is Cc1cc(-c2ccc(C)c(C)c2C)[n+](C)cc1C.Cc1cc(C)c(-c2cc(C)c(C)c[n+]2C)c(C)c1.[2H]C([2H])([2H])c1c[n+](C)c(-c2ccc(C([2H])([2H])[2H])c(C([2H])([2H])[2H])c2C)cc1C.[2H]C([2H])(c1ccc(-c2ccccc2C)[n+](C)c1)C(C)(C)C. The number of aryl methyl sites for hydroxylation is 16. The van der Waals surface area contributed by atoms with Crippen LogP contribution in [0.4, 0.5) is 0 Å². The lowest BCUT2D eigenvalue weighted by molar-refractivity contribution is -0.661. The molecule has 4 heteroatoms. The summed E-state index contributed by atoms with van der Waals surface area (Å²) in [6.07, 6.45) is 6.47. The summed E-state index contributed by atoms with van der Waals surface area (Å²) >= 11 is 0. The number of benzene rings is 4. The zero-order valence-electron chi connectivity index (χ0n) is 58.8. The molecule has 8 rings (SSSR count). The molecule has 0 radical (unpaired) electrons. The first kappa shape index (κ1) is 42.9. The van der Waals surface area contributed by atoms with Gasteiger partial charge in [-0.1, -0.05) is 68.8 Å². The summed E-state index contributed by atoms with van der Waals surface area (Å²) in [4.78, 5) is 0. The second-order valence-corrected chi connectivity index (χ2v) is 21.4. The Hall–Kier alpha value is -6.52. The quantitative estimate of drug-likeness (QED) is 0.153. The Kier molecular flexibility index (Phi) is 14.1. The van der Waals surface area contributed by atoms with Crippen molar-refractivity contribution in [2.75, 3.05) is 0 Å². The smallest absolute Gasteiger partial charge is 0.201 e. The third kappa shape index (κ3) is 14.2. The molecular weight excluding hydrogens is 885 g/mol. The molecule has 4 heterocycles. The molecule has 4 nitrogen and oxygen atoms in total. The fourth-order valence-corrected chi connectivity index (χ4v) is 9.36. The Bertz CT molecular complexity index is 3700. The highest BCUT2D eigenvalue weighted by atomic mass is 14.9. The topological polar surface area (TPSA) is 15.5 Å². The molecule has 0 unspecified atom stereocenters. The summed E-state index contributed by atoms with van der Waals surface area (Å²) in [5.74, 6) is 0. The van der Waals surface area contributed by atoms with Gasteiger partial charge in [-0.2, -0.15) is 0 Å². The van der Waals surface area contributed by atoms with Crippen LogP contribution in [0.3, 0.4) is 0 Å². The Labute approximate surface area is 458 Å². The Balaban J connectivity index is 0.000000208. The van der Waals surface area contributed by atoms with Crippen LogP contribution in [-0.2, 0) is 34.6 Å². The van der Waals surface area contributed by atoms with Crippen molar-refractivity contribution in [3.05, 3.63) is 210 Å². The van der Waals surface area contributed by atoms with Gasteiger partial charge in [0, 0.05) is 78.3 Å². The lowest BCUT2D eigenvalue weighted by atomic mass is 9.88. The van der Waals surface area contributed by atoms with Crippen molar-refractivity contribution in [2.24, 2.45) is 33.6 Å². The van der Waals surface area contributed by atoms with Crippen molar-refractivity contribution in [3.63, 3.8) is 0 Å². The highest BCUT2D eigenvalue weighted by Gasteiger charge is 2.20. The van der Waals surface area contributed by atoms with Crippen molar-refractivity contribution in [1.29, 1.82) is 0 Å². The maximum atomic E-state index is 8.39. The third-order valence-corrected chi connectivity index (χ3v) is 14.0. The second kappa shape index (κ2) is 24.0. The summed E-state index contributed by atoms with van der Waals surface area (Å²) in [6, 6.07) is 30.3. The van der Waals surface area contributed by atoms with Gasteiger partial charge in [-0.15, -0.1) is 0 Å². The van der Waals surface area contributed by atoms with Crippen LogP contribution >= 0.6 is 0 Å². The van der Waals surface area contributed by atoms with E-state index in [-0.39, 0.29) is 16.7 Å². The van der Waals surface area contributed by atoms with Gasteiger partial charge in [0.15, 0.2) is 24.8 Å². The minimum atomic E-state index is -2.59. The van der Waals surface area contributed by atoms with E-state index in [4.69, 9.17) is 15.1 Å². The molecular formula is C69H90N4+4. The molecule has 0 aliphatic heterocycles. The fraction of sp³-hybridized carbons (Fsp3) is 0.362. The van der Waals surface area contributed by atoms with Crippen LogP contribution in [0.2, 0.25) is 0 Å². The Morgan fingerprint density at radius 3 is 1.34 bits per heavy atom. The molecule has 0 spiro atoms. The molecule has 8 aromatic rings. The van der Waals surface area contributed by atoms with Crippen LogP contribution in [-0.4, -0.2) is 0 Å². The normalized spacial score (nSPS) is 13.9. The van der Waals surface area contributed by atoms with Gasteiger partial charge in [0.2, 0.25) is 22.8 Å². The van der Waals surface area contributed by atoms with Gasteiger partial charge < -0.3 is 0 Å². The number of nitrogens with zero attached hydrogens (tertiary/aromatic N) is 4. The molecule has 4 aromatic carbocycles. The van der Waals surface area contributed by atoms with Crippen molar-refractivity contribution in [1.82, 2.24) is 0 Å². The average molecular weight is 987 g/mol. The highest BCUT2D eigenvalue weighted by Crippen LogP contribution is 2.30. The zero-order valence-corrected chi connectivity index (χ0v) is 47.8. The van der Waals surface area contributed by atoms with Crippen LogP contribution in [0.5, 0.6) is 0 Å². The van der Waals surface area contributed by atoms with E-state index in [2.05, 4.69) is 160 Å². The minimum Gasteiger partial charge on any atom is -0.201 e. The van der Waals surface area contributed by atoms with Crippen molar-refractivity contribution in [2.45, 2.75) is 138 Å². The molecule has 382 valence electrons. The molecule has 0 saturated carbocycles. The molecule has 4 aromatic heterocycles. The van der Waals surface area contributed by atoms with E-state index in [0.717, 1.165) is 11.3 Å². The van der Waals surface area contributed by atoms with Gasteiger partial charge in [-0.05, 0) is 213 Å². The number of hydrogen-bond donors (Lipinski definition) is 0. The number of hydrogen-bond acceptors (Lipinski definition) is 0. The molecule has 0 aliphatic rings. The van der Waals surface area contributed by atoms with Gasteiger partial charge in [0.1, 0.15) is 28.2 Å². The van der Waals surface area contributed by atoms with Gasteiger partial charge >= 0.3 is 0 Å². The average Bonchev–Trinajstić information content (AvgIpc) is 1.30. The van der Waals surface area contributed by atoms with E-state index < -0.39 is 32.3 Å². The van der Waals surface area contributed by atoms with Crippen molar-refractivity contribution in [3.8, 4) is 45.0 Å². The maximum absolute atomic E-state index is 8.39. The van der Waals surface area contributed by atoms with E-state index in [0.29, 0.717) is 22.4 Å². The van der Waals surface area contributed by atoms with Crippen LogP contribution in [0.15, 0.2) is 116 Å². The van der Waals surface area contributed by atoms with E-state index in [9.17, 15) is 0 Å². The van der Waals surface area contributed by atoms with Crippen LogP contribution in [0.25, 0.3) is 45.0 Å². The first-order valence-electron chi connectivity index (χ1n) is 30.8. The number of aromatic nitrogens is 4. The summed E-state index contributed by atoms with van der Waals surface area (Å²) in [5.41, 5.74) is 24.5. The highest BCUT2D eigenvalue weighted by molar-refractivity contribution is 5.68. The molecule has 0 atom stereocenters. The third-order valence-electron chi connectivity index (χ3n) is 14.0. The van der Waals surface area contributed by atoms with Crippen molar-refractivity contribution < 1.29 is 33.3 Å². The largest absolute Gasteiger partial charge is 0.213 e. The standard InChI is InChI=1S/C18H24N.3C17H22N/c1-14-8-6-7-9-16(14)17-11-10-15(13-19(17)5)12-18(2,3)4;1-11-7-13(3)17(14(4)8-11)16-9-12(2)15(5)10-18(16)6;2*1-11-7-8-16(15(5)14(11)4)17-9-12(2)13(3)10-18(17)6/h6-11,13H,12H2,1-5H3;3*7-10H,1-6H3/q4*+1/i12D2;;1D3,3D3,4D3;. The Morgan fingerprint density at radius 2 is 0.836 bits per heavy atom. The van der Waals surface area contributed by atoms with Crippen LogP contribution in [0, 0.1) is 116 Å². The lowest BCUT2D eigenvalue weighted by Gasteiger charge is -2.17. The summed E-state index contributed by atoms with van der Waals surface area (Å²) in [6.45, 7) is 25.6. The first-order valence-corrected chi connectivity index (χ1v) is 25.3. The molecule has 0 aliphatic carbocycles. The van der Waals surface area contributed by atoms with E-state index in [1.54, 1.807) is 37.6 Å². The summed E-state index contributed by atoms with van der Waals surface area (Å²) in [5, 5.41) is 0. The molecule has 0 fully saturated rings. The van der Waals surface area contributed by atoms with Gasteiger partial charge in [-0.3, -0.25) is 0 Å². The molecule has 0 N–H and O–H groups in total. The first-order chi connectivity index (χ1) is 38.5. The molecule has 0 bridgehead atoms. The lowest BCUT2D eigenvalue weighted by Crippen LogP contribution is -2.32. The summed E-state index contributed by atoms with van der Waals surface area (Å²) < 4.78 is 94.1. The van der Waals surface area contributed by atoms with Gasteiger partial charge in [-0.25, -0.2) is 18.3 Å². The monoisotopic (exact) mass is 986 g/mol. The molecule has 73 heavy (non-hydrogen) atoms. The Morgan fingerprint density at radius 1 is 0.370 bits per heavy atom. The van der Waals surface area contributed by atoms with Gasteiger partial charge in [0.25, 0.3) is 0 Å². The van der Waals surface area contributed by atoms with E-state index in [1.807, 2.05) is 62.8 Å². The summed E-state index contributed by atoms with van der Waals surface area (Å²) in [7, 11) is 7.90. The molecule has 0 amide bonds.